The van der Waals surface area contributed by atoms with Crippen LogP contribution in [-0.4, -0.2) is 10.5 Å². The molecule has 0 unspecified atom stereocenters. The van der Waals surface area contributed by atoms with Crippen LogP contribution in [0.1, 0.15) is 25.1 Å². The number of aromatic nitrogens is 1. The Morgan fingerprint density at radius 2 is 2.06 bits per heavy atom. The van der Waals surface area contributed by atoms with Crippen molar-refractivity contribution < 1.29 is 4.79 Å². The smallest absolute Gasteiger partial charge is 0.218 e. The molecule has 3 heteroatoms. The van der Waals surface area contributed by atoms with E-state index in [9.17, 15) is 4.79 Å². The second-order valence-corrected chi connectivity index (χ2v) is 4.26. The lowest BCUT2D eigenvalue weighted by Crippen LogP contribution is -2.24. The number of fused-ring (bicyclic) bond motifs is 1. The molecule has 2 aromatic rings. The Hall–Kier alpha value is -1.77. The van der Waals surface area contributed by atoms with Crippen molar-refractivity contribution in [2.45, 2.75) is 33.9 Å². The molecule has 1 N–H and O–H groups in total. The van der Waals surface area contributed by atoms with Crippen LogP contribution in [0.3, 0.4) is 0 Å². The zero-order valence-electron chi connectivity index (χ0n) is 10.6. The minimum atomic E-state index is 0.00230. The molecule has 1 heterocycles. The fraction of sp³-hybridized carbons (Fsp3) is 0.357. The molecule has 1 amide bonds. The average molecular weight is 230 g/mol. The van der Waals surface area contributed by atoms with Crippen LogP contribution in [0.15, 0.2) is 24.3 Å². The summed E-state index contributed by atoms with van der Waals surface area (Å²) in [5.74, 6) is 0.00230. The van der Waals surface area contributed by atoms with Gasteiger partial charge in [0.2, 0.25) is 5.91 Å². The van der Waals surface area contributed by atoms with E-state index in [2.05, 4.69) is 41.9 Å². The maximum atomic E-state index is 11.0. The van der Waals surface area contributed by atoms with Gasteiger partial charge in [-0.25, -0.2) is 0 Å². The van der Waals surface area contributed by atoms with Crippen molar-refractivity contribution in [3.63, 3.8) is 0 Å². The topological polar surface area (TPSA) is 34.0 Å². The molecular weight excluding hydrogens is 212 g/mol. The summed E-state index contributed by atoms with van der Waals surface area (Å²) >= 11 is 0. The molecule has 1 aromatic heterocycles. The minimum Gasteiger partial charge on any atom is -0.338 e. The van der Waals surface area contributed by atoms with Crippen molar-refractivity contribution in [1.82, 2.24) is 9.88 Å². The number of carbonyl (C=O) groups excluding carboxylic acids is 1. The number of carbonyl (C=O) groups is 1. The second kappa shape index (κ2) is 4.62. The highest BCUT2D eigenvalue weighted by atomic mass is 16.1. The number of aryl methyl sites for hydroxylation is 1. The molecule has 0 bridgehead atoms. The number of nitrogens with zero attached hydrogens (tertiary/aromatic N) is 1. The van der Waals surface area contributed by atoms with Gasteiger partial charge in [-0.2, -0.15) is 0 Å². The van der Waals surface area contributed by atoms with Crippen LogP contribution in [0, 0.1) is 6.92 Å². The van der Waals surface area contributed by atoms with Crippen LogP contribution < -0.4 is 5.32 Å². The van der Waals surface area contributed by atoms with Gasteiger partial charge >= 0.3 is 0 Å². The average Bonchev–Trinajstić information content (AvgIpc) is 2.60. The molecule has 1 aromatic carbocycles. The van der Waals surface area contributed by atoms with E-state index in [1.165, 1.54) is 22.2 Å². The Labute approximate surface area is 101 Å². The van der Waals surface area contributed by atoms with E-state index in [-0.39, 0.29) is 5.91 Å². The maximum Gasteiger partial charge on any atom is 0.218 e. The van der Waals surface area contributed by atoms with Crippen LogP contribution >= 0.6 is 0 Å². The molecule has 0 fully saturated rings. The Balaban J connectivity index is 2.54. The summed E-state index contributed by atoms with van der Waals surface area (Å²) in [4.78, 5) is 11.0. The molecule has 0 aliphatic rings. The molecule has 0 aliphatic heterocycles. The van der Waals surface area contributed by atoms with Gasteiger partial charge in [-0.15, -0.1) is 0 Å². The molecule has 0 radical (unpaired) electrons. The van der Waals surface area contributed by atoms with Crippen LogP contribution in [0.25, 0.3) is 10.9 Å². The molecule has 90 valence electrons. The van der Waals surface area contributed by atoms with Gasteiger partial charge in [0.15, 0.2) is 0 Å². The van der Waals surface area contributed by atoms with Crippen molar-refractivity contribution in [1.29, 1.82) is 0 Å². The van der Waals surface area contributed by atoms with E-state index < -0.39 is 0 Å². The van der Waals surface area contributed by atoms with Gasteiger partial charge in [0, 0.05) is 18.0 Å². The van der Waals surface area contributed by atoms with Crippen LogP contribution in [0.2, 0.25) is 0 Å². The Morgan fingerprint density at radius 3 is 2.71 bits per heavy atom. The van der Waals surface area contributed by atoms with E-state index >= 15 is 0 Å². The predicted octanol–water partition coefficient (Wildman–Crippen LogP) is 2.61. The fourth-order valence-electron chi connectivity index (χ4n) is 2.36. The Kier molecular flexibility index (Phi) is 3.18. The standard InChI is InChI=1S/C14H18N2O/c1-4-13-10(2)12-7-5-6-8-14(12)16(13)9-15-11(3)17/h5-8H,4,9H2,1-3H3,(H,15,17). The lowest BCUT2D eigenvalue weighted by molar-refractivity contribution is -0.119. The zero-order chi connectivity index (χ0) is 12.4. The molecular formula is C14H18N2O. The summed E-state index contributed by atoms with van der Waals surface area (Å²) < 4.78 is 2.19. The number of benzene rings is 1. The first-order chi connectivity index (χ1) is 8.15. The number of nitrogens with one attached hydrogen (secondary N) is 1. The van der Waals surface area contributed by atoms with Crippen molar-refractivity contribution in [2.75, 3.05) is 0 Å². The third kappa shape index (κ3) is 2.05. The molecule has 0 spiro atoms. The van der Waals surface area contributed by atoms with E-state index in [4.69, 9.17) is 0 Å². The molecule has 0 saturated heterocycles. The summed E-state index contributed by atoms with van der Waals surface area (Å²) in [7, 11) is 0. The quantitative estimate of drug-likeness (QED) is 0.864. The van der Waals surface area contributed by atoms with Crippen LogP contribution in [-0.2, 0) is 17.9 Å². The molecule has 2 rings (SSSR count). The molecule has 17 heavy (non-hydrogen) atoms. The number of rotatable bonds is 3. The van der Waals surface area contributed by atoms with E-state index in [0.717, 1.165) is 6.42 Å². The first kappa shape index (κ1) is 11.7. The summed E-state index contributed by atoms with van der Waals surface area (Å²) in [6.45, 7) is 6.38. The SMILES string of the molecule is CCc1c(C)c2ccccc2n1CNC(C)=O. The highest BCUT2D eigenvalue weighted by Gasteiger charge is 2.11. The molecule has 3 nitrogen and oxygen atoms in total. The lowest BCUT2D eigenvalue weighted by atomic mass is 10.1. The van der Waals surface area contributed by atoms with Gasteiger partial charge in [-0.05, 0) is 25.0 Å². The maximum absolute atomic E-state index is 11.0. The van der Waals surface area contributed by atoms with Gasteiger partial charge in [0.25, 0.3) is 0 Å². The third-order valence-electron chi connectivity index (χ3n) is 3.18. The summed E-state index contributed by atoms with van der Waals surface area (Å²) in [6.07, 6.45) is 0.972. The van der Waals surface area contributed by atoms with E-state index in [0.29, 0.717) is 6.67 Å². The normalized spacial score (nSPS) is 10.8. The summed E-state index contributed by atoms with van der Waals surface area (Å²) in [5, 5.41) is 4.14. The molecule has 0 aliphatic carbocycles. The number of hydrogen-bond donors (Lipinski definition) is 1. The highest BCUT2D eigenvalue weighted by molar-refractivity contribution is 5.85. The lowest BCUT2D eigenvalue weighted by Gasteiger charge is -2.10. The van der Waals surface area contributed by atoms with Gasteiger partial charge in [0.05, 0.1) is 12.2 Å². The predicted molar refractivity (Wildman–Crippen MR) is 69.9 cm³/mol. The van der Waals surface area contributed by atoms with Crippen LogP contribution in [0.5, 0.6) is 0 Å². The van der Waals surface area contributed by atoms with Gasteiger partial charge in [0.1, 0.15) is 0 Å². The van der Waals surface area contributed by atoms with E-state index in [1.807, 2.05) is 6.07 Å². The second-order valence-electron chi connectivity index (χ2n) is 4.26. The van der Waals surface area contributed by atoms with Crippen molar-refractivity contribution >= 4 is 16.8 Å². The number of para-hydroxylation sites is 1. The first-order valence-electron chi connectivity index (χ1n) is 5.96. The van der Waals surface area contributed by atoms with E-state index in [1.54, 1.807) is 6.92 Å². The Morgan fingerprint density at radius 1 is 1.35 bits per heavy atom. The number of amides is 1. The number of hydrogen-bond acceptors (Lipinski definition) is 1. The minimum absolute atomic E-state index is 0.00230. The summed E-state index contributed by atoms with van der Waals surface area (Å²) in [6, 6.07) is 8.32. The molecule has 0 atom stereocenters. The zero-order valence-corrected chi connectivity index (χ0v) is 10.6. The first-order valence-corrected chi connectivity index (χ1v) is 5.96. The highest BCUT2D eigenvalue weighted by Crippen LogP contribution is 2.25. The Bertz CT molecular complexity index is 555. The molecule has 0 saturated carbocycles. The van der Waals surface area contributed by atoms with Crippen LogP contribution in [0.4, 0.5) is 0 Å². The van der Waals surface area contributed by atoms with Crippen molar-refractivity contribution in [3.05, 3.63) is 35.5 Å². The third-order valence-corrected chi connectivity index (χ3v) is 3.18. The van der Waals surface area contributed by atoms with Gasteiger partial charge in [-0.1, -0.05) is 25.1 Å². The monoisotopic (exact) mass is 230 g/mol. The van der Waals surface area contributed by atoms with Gasteiger partial charge < -0.3 is 9.88 Å². The summed E-state index contributed by atoms with van der Waals surface area (Å²) in [5.41, 5.74) is 3.80. The largest absolute Gasteiger partial charge is 0.338 e. The fourth-order valence-corrected chi connectivity index (χ4v) is 2.36. The van der Waals surface area contributed by atoms with Crippen molar-refractivity contribution in [2.24, 2.45) is 0 Å². The van der Waals surface area contributed by atoms with Crippen molar-refractivity contribution in [3.8, 4) is 0 Å². The van der Waals surface area contributed by atoms with Gasteiger partial charge in [-0.3, -0.25) is 4.79 Å².